The molecule has 1 N–H and O–H groups in total. The van der Waals surface area contributed by atoms with Crippen molar-refractivity contribution >= 4 is 5.91 Å². The van der Waals surface area contributed by atoms with Crippen molar-refractivity contribution in [1.82, 2.24) is 5.32 Å². The highest BCUT2D eigenvalue weighted by atomic mass is 16.2. The van der Waals surface area contributed by atoms with Crippen LogP contribution in [0.25, 0.3) is 0 Å². The summed E-state index contributed by atoms with van der Waals surface area (Å²) in [6.07, 6.45) is 5.45. The third-order valence-electron chi connectivity index (χ3n) is 2.90. The van der Waals surface area contributed by atoms with Gasteiger partial charge in [0.25, 0.3) is 0 Å². The molecule has 0 bridgehead atoms. The number of carbonyl (C=O) groups is 1. The van der Waals surface area contributed by atoms with E-state index in [2.05, 4.69) is 18.0 Å². The van der Waals surface area contributed by atoms with E-state index >= 15 is 0 Å². The third kappa shape index (κ3) is 4.60. The summed E-state index contributed by atoms with van der Waals surface area (Å²) in [7, 11) is 0. The normalized spacial score (nSPS) is 12.6. The molecule has 96 valence electrons. The third-order valence-corrected chi connectivity index (χ3v) is 2.90. The van der Waals surface area contributed by atoms with E-state index in [1.807, 2.05) is 20.8 Å². The number of nitrogens with one attached hydrogen (secondary N) is 1. The van der Waals surface area contributed by atoms with Gasteiger partial charge in [-0.3, -0.25) is 4.79 Å². The molecule has 0 aromatic rings. The van der Waals surface area contributed by atoms with Crippen molar-refractivity contribution in [3.8, 4) is 6.07 Å². The molecule has 0 aliphatic rings. The van der Waals surface area contributed by atoms with Crippen molar-refractivity contribution in [3.05, 3.63) is 12.7 Å². The van der Waals surface area contributed by atoms with Gasteiger partial charge in [-0.15, -0.1) is 6.58 Å². The Hall–Kier alpha value is -1.30. The van der Waals surface area contributed by atoms with Gasteiger partial charge in [-0.1, -0.05) is 32.8 Å². The van der Waals surface area contributed by atoms with E-state index in [1.165, 1.54) is 0 Å². The number of carbonyl (C=O) groups excluding carboxylic acids is 1. The van der Waals surface area contributed by atoms with Crippen LogP contribution in [0.3, 0.4) is 0 Å². The first-order valence-corrected chi connectivity index (χ1v) is 6.39. The molecule has 1 atom stereocenters. The summed E-state index contributed by atoms with van der Waals surface area (Å²) < 4.78 is 0. The maximum Gasteiger partial charge on any atom is 0.240 e. The van der Waals surface area contributed by atoms with Crippen molar-refractivity contribution in [1.29, 1.82) is 5.26 Å². The number of hydrogen-bond acceptors (Lipinski definition) is 2. The highest BCUT2D eigenvalue weighted by Crippen LogP contribution is 2.29. The molecule has 3 nitrogen and oxygen atoms in total. The van der Waals surface area contributed by atoms with Crippen LogP contribution in [0.15, 0.2) is 12.7 Å². The Labute approximate surface area is 105 Å². The molecule has 0 aliphatic heterocycles. The quantitative estimate of drug-likeness (QED) is 0.658. The lowest BCUT2D eigenvalue weighted by Gasteiger charge is -2.26. The van der Waals surface area contributed by atoms with Crippen LogP contribution in [0, 0.1) is 16.7 Å². The Kier molecular flexibility index (Phi) is 7.29. The Morgan fingerprint density at radius 1 is 1.47 bits per heavy atom. The van der Waals surface area contributed by atoms with Crippen LogP contribution in [0.1, 0.15) is 52.9 Å². The van der Waals surface area contributed by atoms with Gasteiger partial charge < -0.3 is 5.32 Å². The summed E-state index contributed by atoms with van der Waals surface area (Å²) in [6, 6.07) is 2.27. The van der Waals surface area contributed by atoms with Crippen molar-refractivity contribution in [3.63, 3.8) is 0 Å². The molecule has 17 heavy (non-hydrogen) atoms. The van der Waals surface area contributed by atoms with Gasteiger partial charge in [-0.2, -0.15) is 5.26 Å². The second-order valence-corrected chi connectivity index (χ2v) is 4.59. The summed E-state index contributed by atoms with van der Waals surface area (Å²) in [5, 5.41) is 12.2. The van der Waals surface area contributed by atoms with E-state index in [4.69, 9.17) is 0 Å². The molecule has 0 spiro atoms. The first kappa shape index (κ1) is 15.7. The SMILES string of the molecule is C=CCC(C)NC(=O)C(C#N)(CCC)CCC. The summed E-state index contributed by atoms with van der Waals surface area (Å²) in [4.78, 5) is 12.2. The zero-order valence-electron chi connectivity index (χ0n) is 11.3. The first-order chi connectivity index (χ1) is 8.06. The Morgan fingerprint density at radius 2 is 2.00 bits per heavy atom. The molecule has 3 heteroatoms. The van der Waals surface area contributed by atoms with Crippen LogP contribution in [0.2, 0.25) is 0 Å². The zero-order chi connectivity index (χ0) is 13.3. The average Bonchev–Trinajstić information content (AvgIpc) is 2.28. The first-order valence-electron chi connectivity index (χ1n) is 6.39. The van der Waals surface area contributed by atoms with Gasteiger partial charge in [0, 0.05) is 6.04 Å². The van der Waals surface area contributed by atoms with Crippen molar-refractivity contribution in [2.45, 2.75) is 58.9 Å². The van der Waals surface area contributed by atoms with Gasteiger partial charge in [0.1, 0.15) is 5.41 Å². The standard InChI is InChI=1S/C14H24N2O/c1-5-8-12(4)16-13(17)14(11-15,9-6-2)10-7-3/h5,12H,1,6-10H2,2-4H3,(H,16,17). The molecular weight excluding hydrogens is 212 g/mol. The molecule has 0 fully saturated rings. The molecule has 1 unspecified atom stereocenters. The van der Waals surface area contributed by atoms with Crippen LogP contribution < -0.4 is 5.32 Å². The van der Waals surface area contributed by atoms with Gasteiger partial charge in [0.05, 0.1) is 6.07 Å². The van der Waals surface area contributed by atoms with Crippen LogP contribution >= 0.6 is 0 Å². The predicted octanol–water partition coefficient (Wildman–Crippen LogP) is 3.18. The molecule has 0 aromatic heterocycles. The minimum absolute atomic E-state index is 0.0430. The minimum atomic E-state index is -0.848. The van der Waals surface area contributed by atoms with E-state index in [9.17, 15) is 10.1 Å². The van der Waals surface area contributed by atoms with Crippen LogP contribution in [-0.4, -0.2) is 11.9 Å². The number of rotatable bonds is 8. The Bertz CT molecular complexity index is 285. The largest absolute Gasteiger partial charge is 0.352 e. The molecular formula is C14H24N2O. The van der Waals surface area contributed by atoms with E-state index < -0.39 is 5.41 Å². The molecule has 0 aliphatic carbocycles. The fourth-order valence-electron chi connectivity index (χ4n) is 2.04. The van der Waals surface area contributed by atoms with Gasteiger partial charge in [-0.25, -0.2) is 0 Å². The van der Waals surface area contributed by atoms with Crippen molar-refractivity contribution in [2.24, 2.45) is 5.41 Å². The van der Waals surface area contributed by atoms with Crippen LogP contribution in [0.4, 0.5) is 0 Å². The van der Waals surface area contributed by atoms with Gasteiger partial charge in [0.15, 0.2) is 0 Å². The minimum Gasteiger partial charge on any atom is -0.352 e. The lowest BCUT2D eigenvalue weighted by Crippen LogP contribution is -2.44. The molecule has 0 saturated heterocycles. The second kappa shape index (κ2) is 7.89. The van der Waals surface area contributed by atoms with Gasteiger partial charge >= 0.3 is 0 Å². The summed E-state index contributed by atoms with van der Waals surface area (Å²) in [6.45, 7) is 9.58. The average molecular weight is 236 g/mol. The van der Waals surface area contributed by atoms with E-state index in [1.54, 1.807) is 6.08 Å². The predicted molar refractivity (Wildman–Crippen MR) is 70.3 cm³/mol. The molecule has 0 heterocycles. The monoisotopic (exact) mass is 236 g/mol. The van der Waals surface area contributed by atoms with Crippen LogP contribution in [0.5, 0.6) is 0 Å². The summed E-state index contributed by atoms with van der Waals surface area (Å²) in [5.41, 5.74) is -0.848. The Morgan fingerprint density at radius 3 is 2.35 bits per heavy atom. The van der Waals surface area contributed by atoms with Gasteiger partial charge in [0.2, 0.25) is 5.91 Å². The lowest BCUT2D eigenvalue weighted by atomic mass is 9.79. The van der Waals surface area contributed by atoms with Gasteiger partial charge in [-0.05, 0) is 26.2 Å². The Balaban J connectivity index is 4.74. The molecule has 0 radical (unpaired) electrons. The zero-order valence-corrected chi connectivity index (χ0v) is 11.3. The second-order valence-electron chi connectivity index (χ2n) is 4.59. The topological polar surface area (TPSA) is 52.9 Å². The maximum atomic E-state index is 12.2. The number of nitriles is 1. The fourth-order valence-corrected chi connectivity index (χ4v) is 2.04. The summed E-state index contributed by atoms with van der Waals surface area (Å²) in [5.74, 6) is -0.127. The highest BCUT2D eigenvalue weighted by molar-refractivity contribution is 5.85. The number of amides is 1. The summed E-state index contributed by atoms with van der Waals surface area (Å²) >= 11 is 0. The molecule has 0 saturated carbocycles. The fraction of sp³-hybridized carbons (Fsp3) is 0.714. The maximum absolute atomic E-state index is 12.2. The molecule has 1 amide bonds. The van der Waals surface area contributed by atoms with E-state index in [0.29, 0.717) is 12.8 Å². The molecule has 0 aromatic carbocycles. The smallest absolute Gasteiger partial charge is 0.240 e. The lowest BCUT2D eigenvalue weighted by molar-refractivity contribution is -0.129. The van der Waals surface area contributed by atoms with Crippen LogP contribution in [-0.2, 0) is 4.79 Å². The van der Waals surface area contributed by atoms with Crippen molar-refractivity contribution in [2.75, 3.05) is 0 Å². The van der Waals surface area contributed by atoms with E-state index in [-0.39, 0.29) is 11.9 Å². The highest BCUT2D eigenvalue weighted by Gasteiger charge is 2.37. The number of hydrogen-bond donors (Lipinski definition) is 1. The number of nitrogens with zero attached hydrogens (tertiary/aromatic N) is 1. The molecule has 0 rings (SSSR count). The van der Waals surface area contributed by atoms with E-state index in [0.717, 1.165) is 19.3 Å². The van der Waals surface area contributed by atoms with Crippen molar-refractivity contribution < 1.29 is 4.79 Å².